The van der Waals surface area contributed by atoms with Gasteiger partial charge in [0.2, 0.25) is 5.78 Å². The molecule has 2 N–H and O–H groups in total. The molecule has 0 saturated heterocycles. The Kier molecular flexibility index (Phi) is 2.57. The predicted molar refractivity (Wildman–Crippen MR) is 59.0 cm³/mol. The molecule has 1 aromatic rings. The maximum Gasteiger partial charge on any atom is 0.213 e. The number of hydrogen-bond acceptors (Lipinski definition) is 2. The van der Waals surface area contributed by atoms with Gasteiger partial charge in [-0.1, -0.05) is 24.1 Å². The van der Waals surface area contributed by atoms with Crippen LogP contribution in [-0.2, 0) is 4.79 Å². The first-order valence-corrected chi connectivity index (χ1v) is 5.08. The van der Waals surface area contributed by atoms with Gasteiger partial charge in [-0.15, -0.1) is 0 Å². The molecule has 2 rings (SSSR count). The van der Waals surface area contributed by atoms with Crippen LogP contribution in [-0.4, -0.2) is 12.3 Å². The zero-order valence-electron chi connectivity index (χ0n) is 8.49. The Labute approximate surface area is 89.5 Å². The monoisotopic (exact) mass is 199 g/mol. The Hall–Kier alpha value is -1.59. The maximum absolute atomic E-state index is 11.7. The van der Waals surface area contributed by atoms with Crippen LogP contribution in [0.4, 0.5) is 0 Å². The lowest BCUT2D eigenvalue weighted by molar-refractivity contribution is -0.118. The minimum absolute atomic E-state index is 0.00569. The number of nitrogens with two attached hydrogens (primary N) is 1. The van der Waals surface area contributed by atoms with E-state index in [9.17, 15) is 4.79 Å². The smallest absolute Gasteiger partial charge is 0.213 e. The van der Waals surface area contributed by atoms with E-state index < -0.39 is 0 Å². The average Bonchev–Trinajstić information content (AvgIpc) is 3.08. The molecule has 0 atom stereocenters. The number of Topliss-reactive ketones (excluding diaryl/α,β-unsaturated/α-hetero) is 1. The second-order valence-electron chi connectivity index (χ2n) is 3.93. The standard InChI is InChI=1S/C13H13NO/c14-10-13(8-9-13)12(15)7-6-11-4-2-1-3-5-11/h1-5H,8-10,14H2. The van der Waals surface area contributed by atoms with Crippen LogP contribution in [0.5, 0.6) is 0 Å². The fourth-order valence-corrected chi connectivity index (χ4v) is 1.46. The molecule has 0 aliphatic heterocycles. The molecule has 15 heavy (non-hydrogen) atoms. The van der Waals surface area contributed by atoms with Crippen LogP contribution in [0.2, 0.25) is 0 Å². The molecule has 76 valence electrons. The molecule has 0 heterocycles. The molecule has 0 radical (unpaired) electrons. The van der Waals surface area contributed by atoms with Gasteiger partial charge in [0.05, 0.1) is 5.41 Å². The van der Waals surface area contributed by atoms with Crippen LogP contribution in [0.1, 0.15) is 18.4 Å². The molecule has 2 nitrogen and oxygen atoms in total. The van der Waals surface area contributed by atoms with Gasteiger partial charge in [-0.3, -0.25) is 4.79 Å². The van der Waals surface area contributed by atoms with Crippen LogP contribution < -0.4 is 5.73 Å². The third-order valence-corrected chi connectivity index (χ3v) is 2.82. The quantitative estimate of drug-likeness (QED) is 0.730. The van der Waals surface area contributed by atoms with Crippen molar-refractivity contribution in [3.8, 4) is 11.8 Å². The van der Waals surface area contributed by atoms with E-state index in [1.165, 1.54) is 0 Å². The molecule has 0 aromatic heterocycles. The van der Waals surface area contributed by atoms with Gasteiger partial charge < -0.3 is 5.73 Å². The number of carbonyl (C=O) groups is 1. The SMILES string of the molecule is NCC1(C(=O)C#Cc2ccccc2)CC1. The van der Waals surface area contributed by atoms with Gasteiger partial charge in [-0.25, -0.2) is 0 Å². The predicted octanol–water partition coefficient (Wildman–Crippen LogP) is 1.35. The Morgan fingerprint density at radius 1 is 1.33 bits per heavy atom. The Bertz CT molecular complexity index is 421. The highest BCUT2D eigenvalue weighted by Gasteiger charge is 2.47. The topological polar surface area (TPSA) is 43.1 Å². The zero-order chi connectivity index (χ0) is 10.7. The number of rotatable bonds is 2. The third-order valence-electron chi connectivity index (χ3n) is 2.82. The van der Waals surface area contributed by atoms with E-state index in [-0.39, 0.29) is 11.2 Å². The van der Waals surface area contributed by atoms with Gasteiger partial charge >= 0.3 is 0 Å². The summed E-state index contributed by atoms with van der Waals surface area (Å²) in [5.74, 6) is 5.55. The third kappa shape index (κ3) is 2.08. The molecule has 1 aromatic carbocycles. The maximum atomic E-state index is 11.7. The number of benzene rings is 1. The van der Waals surface area contributed by atoms with Gasteiger partial charge in [-0.2, -0.15) is 0 Å². The lowest BCUT2D eigenvalue weighted by Gasteiger charge is -2.03. The van der Waals surface area contributed by atoms with Crippen molar-refractivity contribution in [2.75, 3.05) is 6.54 Å². The second-order valence-corrected chi connectivity index (χ2v) is 3.93. The van der Waals surface area contributed by atoms with Crippen LogP contribution in [0.25, 0.3) is 0 Å². The molecule has 0 unspecified atom stereocenters. The summed E-state index contributed by atoms with van der Waals surface area (Å²) >= 11 is 0. The van der Waals surface area contributed by atoms with Gasteiger partial charge in [0.1, 0.15) is 0 Å². The van der Waals surface area contributed by atoms with Crippen LogP contribution in [0, 0.1) is 17.3 Å². The van der Waals surface area contributed by atoms with Crippen molar-refractivity contribution in [3.63, 3.8) is 0 Å². The molecule has 0 amide bonds. The van der Waals surface area contributed by atoms with Crippen LogP contribution in [0.3, 0.4) is 0 Å². The van der Waals surface area contributed by atoms with Crippen molar-refractivity contribution in [2.24, 2.45) is 11.1 Å². The summed E-state index contributed by atoms with van der Waals surface area (Å²) in [6.07, 6.45) is 1.79. The summed E-state index contributed by atoms with van der Waals surface area (Å²) in [4.78, 5) is 11.7. The van der Waals surface area contributed by atoms with Crippen molar-refractivity contribution in [1.82, 2.24) is 0 Å². The van der Waals surface area contributed by atoms with E-state index in [1.54, 1.807) is 0 Å². The number of hydrogen-bond donors (Lipinski definition) is 1. The van der Waals surface area contributed by atoms with E-state index >= 15 is 0 Å². The van der Waals surface area contributed by atoms with E-state index in [2.05, 4.69) is 11.8 Å². The largest absolute Gasteiger partial charge is 0.329 e. The molecule has 1 saturated carbocycles. The second kappa shape index (κ2) is 3.88. The van der Waals surface area contributed by atoms with Crippen molar-refractivity contribution in [1.29, 1.82) is 0 Å². The normalized spacial score (nSPS) is 16.3. The summed E-state index contributed by atoms with van der Waals surface area (Å²) in [5, 5.41) is 0. The molecule has 1 aliphatic rings. The highest BCUT2D eigenvalue weighted by molar-refractivity contribution is 6.02. The minimum atomic E-state index is -0.304. The van der Waals surface area contributed by atoms with E-state index in [0.717, 1.165) is 18.4 Å². The first-order valence-electron chi connectivity index (χ1n) is 5.08. The first-order chi connectivity index (χ1) is 7.27. The van der Waals surface area contributed by atoms with Crippen LogP contribution >= 0.6 is 0 Å². The molecule has 2 heteroatoms. The van der Waals surface area contributed by atoms with Crippen molar-refractivity contribution < 1.29 is 4.79 Å². The highest BCUT2D eigenvalue weighted by atomic mass is 16.1. The van der Waals surface area contributed by atoms with E-state index in [0.29, 0.717) is 6.54 Å². The molecule has 1 fully saturated rings. The zero-order valence-corrected chi connectivity index (χ0v) is 8.49. The van der Waals surface area contributed by atoms with Gasteiger partial charge in [-0.05, 0) is 30.9 Å². The van der Waals surface area contributed by atoms with Gasteiger partial charge in [0.15, 0.2) is 0 Å². The molecule has 0 bridgehead atoms. The summed E-state index contributed by atoms with van der Waals surface area (Å²) in [6.45, 7) is 0.426. The van der Waals surface area contributed by atoms with E-state index in [4.69, 9.17) is 5.73 Å². The lowest BCUT2D eigenvalue weighted by atomic mass is 10.0. The lowest BCUT2D eigenvalue weighted by Crippen LogP contribution is -2.23. The summed E-state index contributed by atoms with van der Waals surface area (Å²) in [6, 6.07) is 9.52. The summed E-state index contributed by atoms with van der Waals surface area (Å²) in [5.41, 5.74) is 6.12. The number of carbonyl (C=O) groups excluding carboxylic acids is 1. The van der Waals surface area contributed by atoms with Crippen LogP contribution in [0.15, 0.2) is 30.3 Å². The van der Waals surface area contributed by atoms with E-state index in [1.807, 2.05) is 30.3 Å². The Balaban J connectivity index is 2.10. The fourth-order valence-electron chi connectivity index (χ4n) is 1.46. The van der Waals surface area contributed by atoms with Crippen molar-refractivity contribution >= 4 is 5.78 Å². The average molecular weight is 199 g/mol. The van der Waals surface area contributed by atoms with Crippen molar-refractivity contribution in [2.45, 2.75) is 12.8 Å². The fraction of sp³-hybridized carbons (Fsp3) is 0.308. The molecular formula is C13H13NO. The molecule has 1 aliphatic carbocycles. The highest BCUT2D eigenvalue weighted by Crippen LogP contribution is 2.45. The van der Waals surface area contributed by atoms with Gasteiger partial charge in [0, 0.05) is 12.1 Å². The van der Waals surface area contributed by atoms with Crippen molar-refractivity contribution in [3.05, 3.63) is 35.9 Å². The Morgan fingerprint density at radius 3 is 2.53 bits per heavy atom. The molecular weight excluding hydrogens is 186 g/mol. The molecule has 0 spiro atoms. The Morgan fingerprint density at radius 2 is 2.00 bits per heavy atom. The minimum Gasteiger partial charge on any atom is -0.329 e. The number of ketones is 1. The first kappa shape index (κ1) is 9.95. The summed E-state index contributed by atoms with van der Waals surface area (Å²) in [7, 11) is 0. The van der Waals surface area contributed by atoms with Gasteiger partial charge in [0.25, 0.3) is 0 Å². The summed E-state index contributed by atoms with van der Waals surface area (Å²) < 4.78 is 0.